The number of hydrogen-bond donors (Lipinski definition) is 1. The van der Waals surface area contributed by atoms with E-state index in [0.29, 0.717) is 29.6 Å². The van der Waals surface area contributed by atoms with E-state index in [2.05, 4.69) is 22.1 Å². The number of hydrogen-bond acceptors (Lipinski definition) is 2. The van der Waals surface area contributed by atoms with Crippen LogP contribution < -0.4 is 0 Å². The van der Waals surface area contributed by atoms with Crippen LogP contribution in [0, 0.1) is 0 Å². The van der Waals surface area contributed by atoms with Gasteiger partial charge in [-0.25, -0.2) is 4.98 Å². The van der Waals surface area contributed by atoms with Gasteiger partial charge in [0.05, 0.1) is 11.0 Å². The maximum atomic E-state index is 11.5. The first-order valence-electron chi connectivity index (χ1n) is 7.46. The Bertz CT molecular complexity index is 868. The second kappa shape index (κ2) is 5.25. The molecular formula is C18H15ClN2O. The van der Waals surface area contributed by atoms with Crippen molar-refractivity contribution in [2.24, 2.45) is 0 Å². The number of benzene rings is 2. The summed E-state index contributed by atoms with van der Waals surface area (Å²) in [6, 6.07) is 14.0. The van der Waals surface area contributed by atoms with E-state index in [1.54, 1.807) is 0 Å². The van der Waals surface area contributed by atoms with Crippen LogP contribution in [-0.4, -0.2) is 15.8 Å². The Hall–Kier alpha value is -2.13. The second-order valence-corrected chi connectivity index (χ2v) is 6.29. The molecule has 2 aromatic carbocycles. The molecule has 110 valence electrons. The molecule has 0 aliphatic heterocycles. The summed E-state index contributed by atoms with van der Waals surface area (Å²) >= 11 is 6.01. The van der Waals surface area contributed by atoms with Gasteiger partial charge < -0.3 is 4.98 Å². The third kappa shape index (κ3) is 2.42. The van der Waals surface area contributed by atoms with Crippen LogP contribution >= 0.6 is 11.6 Å². The molecule has 1 heterocycles. The highest BCUT2D eigenvalue weighted by Gasteiger charge is 2.23. The third-order valence-corrected chi connectivity index (χ3v) is 4.56. The minimum Gasteiger partial charge on any atom is -0.338 e. The first-order chi connectivity index (χ1) is 10.7. The van der Waals surface area contributed by atoms with Crippen LogP contribution in [0.15, 0.2) is 42.5 Å². The van der Waals surface area contributed by atoms with E-state index in [0.717, 1.165) is 28.8 Å². The number of rotatable bonds is 2. The summed E-state index contributed by atoms with van der Waals surface area (Å²) in [5.41, 5.74) is 4.11. The Morgan fingerprint density at radius 1 is 1.18 bits per heavy atom. The summed E-state index contributed by atoms with van der Waals surface area (Å²) in [7, 11) is 0. The summed E-state index contributed by atoms with van der Waals surface area (Å²) in [5, 5.41) is 0.684. The molecule has 1 aliphatic carbocycles. The molecule has 1 saturated carbocycles. The maximum absolute atomic E-state index is 11.5. The normalized spacial score (nSPS) is 18.2. The van der Waals surface area contributed by atoms with Crippen LogP contribution in [0.2, 0.25) is 5.02 Å². The third-order valence-electron chi connectivity index (χ3n) is 4.32. The van der Waals surface area contributed by atoms with Gasteiger partial charge in [-0.2, -0.15) is 0 Å². The predicted molar refractivity (Wildman–Crippen MR) is 88.1 cm³/mol. The Kier molecular flexibility index (Phi) is 3.23. The Morgan fingerprint density at radius 3 is 2.91 bits per heavy atom. The first kappa shape index (κ1) is 13.5. The van der Waals surface area contributed by atoms with Crippen molar-refractivity contribution in [1.29, 1.82) is 0 Å². The zero-order valence-corrected chi connectivity index (χ0v) is 12.7. The second-order valence-electron chi connectivity index (χ2n) is 5.85. The lowest BCUT2D eigenvalue weighted by atomic mass is 9.96. The highest BCUT2D eigenvalue weighted by Crippen LogP contribution is 2.34. The van der Waals surface area contributed by atoms with E-state index in [9.17, 15) is 4.79 Å². The van der Waals surface area contributed by atoms with Crippen molar-refractivity contribution in [3.05, 3.63) is 53.1 Å². The van der Waals surface area contributed by atoms with E-state index in [1.165, 1.54) is 5.56 Å². The van der Waals surface area contributed by atoms with E-state index in [-0.39, 0.29) is 0 Å². The van der Waals surface area contributed by atoms with Crippen molar-refractivity contribution in [3.8, 4) is 11.4 Å². The molecule has 4 heteroatoms. The minimum atomic E-state index is 0.353. The average Bonchev–Trinajstić information content (AvgIpc) is 3.13. The van der Waals surface area contributed by atoms with Crippen molar-refractivity contribution in [2.45, 2.75) is 25.2 Å². The Morgan fingerprint density at radius 2 is 2.09 bits per heavy atom. The topological polar surface area (TPSA) is 45.8 Å². The monoisotopic (exact) mass is 310 g/mol. The van der Waals surface area contributed by atoms with E-state index >= 15 is 0 Å². The molecule has 4 rings (SSSR count). The fourth-order valence-corrected chi connectivity index (χ4v) is 3.32. The molecule has 0 radical (unpaired) electrons. The lowest BCUT2D eigenvalue weighted by molar-refractivity contribution is -0.117. The molecule has 1 unspecified atom stereocenters. The van der Waals surface area contributed by atoms with Crippen LogP contribution in [0.5, 0.6) is 0 Å². The number of fused-ring (bicyclic) bond motifs is 1. The molecule has 0 saturated heterocycles. The smallest absolute Gasteiger partial charge is 0.138 e. The number of halogens is 1. The zero-order chi connectivity index (χ0) is 15.1. The molecule has 1 N–H and O–H groups in total. The number of Topliss-reactive ketones (excluding diaryl/α,β-unsaturated/α-hetero) is 1. The van der Waals surface area contributed by atoms with Gasteiger partial charge in [0.1, 0.15) is 11.6 Å². The number of H-pyrrole nitrogens is 1. The number of carbonyl (C=O) groups is 1. The van der Waals surface area contributed by atoms with E-state index in [4.69, 9.17) is 11.6 Å². The van der Waals surface area contributed by atoms with Crippen LogP contribution in [-0.2, 0) is 4.79 Å². The first-order valence-corrected chi connectivity index (χ1v) is 7.84. The molecule has 22 heavy (non-hydrogen) atoms. The molecular weight excluding hydrogens is 296 g/mol. The number of ketones is 1. The van der Waals surface area contributed by atoms with Crippen LogP contribution in [0.4, 0.5) is 0 Å². The fraction of sp³-hybridized carbons (Fsp3) is 0.222. The molecule has 3 nitrogen and oxygen atoms in total. The maximum Gasteiger partial charge on any atom is 0.138 e. The zero-order valence-electron chi connectivity index (χ0n) is 12.0. The molecule has 3 aromatic rings. The van der Waals surface area contributed by atoms with Crippen molar-refractivity contribution in [1.82, 2.24) is 9.97 Å². The summed E-state index contributed by atoms with van der Waals surface area (Å²) in [4.78, 5) is 19.4. The summed E-state index contributed by atoms with van der Waals surface area (Å²) in [5.74, 6) is 1.56. The summed E-state index contributed by atoms with van der Waals surface area (Å²) in [6.45, 7) is 0. The molecule has 1 aromatic heterocycles. The number of aromatic amines is 1. The lowest BCUT2D eigenvalue weighted by Gasteiger charge is -2.09. The van der Waals surface area contributed by atoms with Crippen LogP contribution in [0.25, 0.3) is 22.4 Å². The number of imidazole rings is 1. The molecule has 1 atom stereocenters. The van der Waals surface area contributed by atoms with Gasteiger partial charge in [0.25, 0.3) is 0 Å². The number of nitrogens with zero attached hydrogens (tertiary/aromatic N) is 1. The van der Waals surface area contributed by atoms with Gasteiger partial charge in [0.15, 0.2) is 0 Å². The molecule has 0 bridgehead atoms. The van der Waals surface area contributed by atoms with Gasteiger partial charge in [0, 0.05) is 23.4 Å². The largest absolute Gasteiger partial charge is 0.338 e. The Labute approximate surface area is 133 Å². The van der Waals surface area contributed by atoms with Gasteiger partial charge in [-0.3, -0.25) is 4.79 Å². The quantitative estimate of drug-likeness (QED) is 0.744. The van der Waals surface area contributed by atoms with Crippen molar-refractivity contribution in [3.63, 3.8) is 0 Å². The molecule has 1 aliphatic rings. The van der Waals surface area contributed by atoms with Crippen molar-refractivity contribution >= 4 is 28.4 Å². The number of carbonyl (C=O) groups excluding carboxylic acids is 1. The summed E-state index contributed by atoms with van der Waals surface area (Å²) < 4.78 is 0. The highest BCUT2D eigenvalue weighted by atomic mass is 35.5. The standard InChI is InChI=1S/C18H15ClN2O/c19-14-5-7-16-17(10-14)21-18(20-16)13-3-1-2-11(8-13)12-4-6-15(22)9-12/h1-3,5,7-8,10,12H,4,6,9H2,(H,20,21). The highest BCUT2D eigenvalue weighted by molar-refractivity contribution is 6.31. The number of nitrogens with one attached hydrogen (secondary N) is 1. The van der Waals surface area contributed by atoms with Gasteiger partial charge in [-0.15, -0.1) is 0 Å². The van der Waals surface area contributed by atoms with Crippen molar-refractivity contribution in [2.75, 3.05) is 0 Å². The van der Waals surface area contributed by atoms with Crippen LogP contribution in [0.1, 0.15) is 30.7 Å². The van der Waals surface area contributed by atoms with Gasteiger partial charge >= 0.3 is 0 Å². The van der Waals surface area contributed by atoms with E-state index < -0.39 is 0 Å². The minimum absolute atomic E-state index is 0.353. The van der Waals surface area contributed by atoms with E-state index in [1.807, 2.05) is 30.3 Å². The van der Waals surface area contributed by atoms with Gasteiger partial charge in [-0.1, -0.05) is 29.8 Å². The molecule has 0 amide bonds. The molecule has 1 fully saturated rings. The fourth-order valence-electron chi connectivity index (χ4n) is 3.15. The average molecular weight is 311 g/mol. The number of aromatic nitrogens is 2. The lowest BCUT2D eigenvalue weighted by Crippen LogP contribution is -1.94. The van der Waals surface area contributed by atoms with Gasteiger partial charge in [0.2, 0.25) is 0 Å². The molecule has 0 spiro atoms. The predicted octanol–water partition coefficient (Wildman–Crippen LogP) is 4.72. The van der Waals surface area contributed by atoms with Gasteiger partial charge in [-0.05, 0) is 42.2 Å². The van der Waals surface area contributed by atoms with Crippen molar-refractivity contribution < 1.29 is 4.79 Å². The van der Waals surface area contributed by atoms with Crippen LogP contribution in [0.3, 0.4) is 0 Å². The Balaban J connectivity index is 1.73. The summed E-state index contributed by atoms with van der Waals surface area (Å²) in [6.07, 6.45) is 2.33. The SMILES string of the molecule is O=C1CCC(c2cccc(-c3nc4cc(Cl)ccc4[nH]3)c2)C1.